The van der Waals surface area contributed by atoms with E-state index in [-0.39, 0.29) is 11.8 Å². The third kappa shape index (κ3) is 2.98. The number of thiophene rings is 1. The number of rotatable bonds is 3. The first-order valence-electron chi connectivity index (χ1n) is 9.96. The third-order valence-corrected chi connectivity index (χ3v) is 7.09. The van der Waals surface area contributed by atoms with Crippen LogP contribution in [0.15, 0.2) is 18.2 Å². The molecule has 2 amide bonds. The number of aryl methyl sites for hydroxylation is 1. The Morgan fingerprint density at radius 2 is 2.07 bits per heavy atom. The van der Waals surface area contributed by atoms with Gasteiger partial charge in [-0.15, -0.1) is 11.3 Å². The highest BCUT2D eigenvalue weighted by atomic mass is 32.1. The van der Waals surface area contributed by atoms with Crippen molar-refractivity contribution in [2.75, 3.05) is 29.9 Å². The number of benzene rings is 1. The lowest BCUT2D eigenvalue weighted by Gasteiger charge is -2.17. The quantitative estimate of drug-likeness (QED) is 0.697. The molecule has 1 saturated heterocycles. The number of carbonyl (C=O) groups is 2. The minimum Gasteiger partial charge on any atom is -0.353 e. The highest BCUT2D eigenvalue weighted by Gasteiger charge is 2.25. The fraction of sp³-hybridized carbons (Fsp3) is 0.381. The van der Waals surface area contributed by atoms with Crippen LogP contribution in [-0.2, 0) is 13.5 Å². The molecule has 2 N–H and O–H groups in total. The summed E-state index contributed by atoms with van der Waals surface area (Å²) in [7, 11) is 1.90. The van der Waals surface area contributed by atoms with E-state index in [1.54, 1.807) is 0 Å². The first-order chi connectivity index (χ1) is 14.0. The van der Waals surface area contributed by atoms with Crippen LogP contribution in [-0.4, -0.2) is 41.2 Å². The number of aromatic nitrogens is 2. The van der Waals surface area contributed by atoms with Gasteiger partial charge in [-0.05, 0) is 55.3 Å². The topological polar surface area (TPSA) is 79.3 Å². The molecule has 0 radical (unpaired) electrons. The molecule has 5 rings (SSSR count). The summed E-state index contributed by atoms with van der Waals surface area (Å²) >= 11 is 1.49. The Morgan fingerprint density at radius 1 is 1.28 bits per heavy atom. The van der Waals surface area contributed by atoms with Gasteiger partial charge in [0.15, 0.2) is 5.82 Å². The minimum atomic E-state index is -0.149. The largest absolute Gasteiger partial charge is 0.353 e. The van der Waals surface area contributed by atoms with Crippen molar-refractivity contribution in [3.05, 3.63) is 39.9 Å². The Hall–Kier alpha value is -2.87. The van der Waals surface area contributed by atoms with E-state index in [0.29, 0.717) is 12.1 Å². The molecule has 4 heterocycles. The van der Waals surface area contributed by atoms with Gasteiger partial charge in [-0.1, -0.05) is 0 Å². The molecular formula is C21H23N5O2S. The Kier molecular flexibility index (Phi) is 4.31. The summed E-state index contributed by atoms with van der Waals surface area (Å²) in [6.07, 6.45) is 3.10. The summed E-state index contributed by atoms with van der Waals surface area (Å²) in [6, 6.07) is 5.69. The van der Waals surface area contributed by atoms with Crippen molar-refractivity contribution >= 4 is 44.7 Å². The van der Waals surface area contributed by atoms with Gasteiger partial charge >= 0.3 is 0 Å². The maximum Gasteiger partial charge on any atom is 0.261 e. The molecule has 2 aromatic heterocycles. The van der Waals surface area contributed by atoms with Crippen molar-refractivity contribution in [2.45, 2.75) is 26.2 Å². The second kappa shape index (κ2) is 6.88. The van der Waals surface area contributed by atoms with Gasteiger partial charge in [0.2, 0.25) is 0 Å². The van der Waals surface area contributed by atoms with Gasteiger partial charge in [0.25, 0.3) is 11.8 Å². The fourth-order valence-electron chi connectivity index (χ4n) is 4.18. The summed E-state index contributed by atoms with van der Waals surface area (Å²) in [6.45, 7) is 4.55. The van der Waals surface area contributed by atoms with Crippen LogP contribution in [0.5, 0.6) is 0 Å². The van der Waals surface area contributed by atoms with Crippen LogP contribution < -0.4 is 15.5 Å². The number of nitrogens with one attached hydrogen (secondary N) is 2. The van der Waals surface area contributed by atoms with E-state index in [1.807, 2.05) is 36.9 Å². The van der Waals surface area contributed by atoms with Crippen LogP contribution in [0.3, 0.4) is 0 Å². The summed E-state index contributed by atoms with van der Waals surface area (Å²) in [5, 5.41) is 11.6. The molecule has 2 aliphatic rings. The molecule has 0 spiro atoms. The van der Waals surface area contributed by atoms with E-state index in [0.717, 1.165) is 70.1 Å². The van der Waals surface area contributed by atoms with Gasteiger partial charge in [0.1, 0.15) is 5.69 Å². The van der Waals surface area contributed by atoms with Crippen LogP contribution in [0, 0.1) is 6.92 Å². The van der Waals surface area contributed by atoms with Crippen LogP contribution in [0.25, 0.3) is 10.1 Å². The van der Waals surface area contributed by atoms with E-state index in [1.165, 1.54) is 11.3 Å². The van der Waals surface area contributed by atoms with Crippen molar-refractivity contribution in [1.82, 2.24) is 15.1 Å². The number of anilines is 2. The van der Waals surface area contributed by atoms with Gasteiger partial charge in [-0.25, -0.2) is 0 Å². The van der Waals surface area contributed by atoms with Crippen molar-refractivity contribution in [3.63, 3.8) is 0 Å². The molecule has 150 valence electrons. The van der Waals surface area contributed by atoms with Gasteiger partial charge in [-0.2, -0.15) is 5.10 Å². The summed E-state index contributed by atoms with van der Waals surface area (Å²) in [4.78, 5) is 28.2. The fourth-order valence-corrected chi connectivity index (χ4v) is 5.32. The van der Waals surface area contributed by atoms with Gasteiger partial charge in [0, 0.05) is 36.9 Å². The monoisotopic (exact) mass is 409 g/mol. The average Bonchev–Trinajstić information content (AvgIpc) is 3.43. The zero-order valence-electron chi connectivity index (χ0n) is 16.5. The number of hydrogen-bond acceptors (Lipinski definition) is 5. The molecule has 1 aromatic carbocycles. The predicted molar refractivity (Wildman–Crippen MR) is 115 cm³/mol. The molecule has 7 nitrogen and oxygen atoms in total. The second-order valence-electron chi connectivity index (χ2n) is 7.68. The molecular weight excluding hydrogens is 386 g/mol. The number of hydrogen-bond donors (Lipinski definition) is 2. The Morgan fingerprint density at radius 3 is 2.86 bits per heavy atom. The number of nitrogens with zero attached hydrogens (tertiary/aromatic N) is 3. The average molecular weight is 410 g/mol. The smallest absolute Gasteiger partial charge is 0.261 e. The molecule has 2 aliphatic heterocycles. The molecule has 0 atom stereocenters. The van der Waals surface area contributed by atoms with Gasteiger partial charge < -0.3 is 15.5 Å². The number of fused-ring (bicyclic) bond motifs is 3. The van der Waals surface area contributed by atoms with Crippen molar-refractivity contribution in [3.8, 4) is 0 Å². The molecule has 0 bridgehead atoms. The van der Waals surface area contributed by atoms with Crippen molar-refractivity contribution in [1.29, 1.82) is 0 Å². The highest BCUT2D eigenvalue weighted by molar-refractivity contribution is 7.21. The van der Waals surface area contributed by atoms with E-state index in [2.05, 4.69) is 20.6 Å². The van der Waals surface area contributed by atoms with Crippen LogP contribution in [0.4, 0.5) is 11.5 Å². The van der Waals surface area contributed by atoms with Crippen LogP contribution >= 0.6 is 11.3 Å². The summed E-state index contributed by atoms with van der Waals surface area (Å²) < 4.78 is 2.86. The molecule has 1 fully saturated rings. The van der Waals surface area contributed by atoms with E-state index < -0.39 is 0 Å². The van der Waals surface area contributed by atoms with Crippen molar-refractivity contribution < 1.29 is 9.59 Å². The molecule has 0 unspecified atom stereocenters. The Bertz CT molecular complexity index is 1140. The zero-order valence-corrected chi connectivity index (χ0v) is 17.4. The standard InChI is InChI=1S/C21H23N5O2S/c1-12-17(19(24-25(12)2)26-9-3-4-10-26)23-20(27)13-5-6-16-15(11-13)14-7-8-22-21(28)18(14)29-16/h5-6,11H,3-4,7-10H2,1-2H3,(H,22,28)(H,23,27). The minimum absolute atomic E-state index is 0.0142. The first-order valence-corrected chi connectivity index (χ1v) is 10.8. The molecule has 0 aliphatic carbocycles. The maximum absolute atomic E-state index is 13.1. The van der Waals surface area contributed by atoms with E-state index in [4.69, 9.17) is 0 Å². The van der Waals surface area contributed by atoms with Crippen LogP contribution in [0.2, 0.25) is 0 Å². The Balaban J connectivity index is 1.49. The Labute approximate surface area is 172 Å². The van der Waals surface area contributed by atoms with E-state index in [9.17, 15) is 9.59 Å². The predicted octanol–water partition coefficient (Wildman–Crippen LogP) is 3.08. The first kappa shape index (κ1) is 18.2. The van der Waals surface area contributed by atoms with Crippen LogP contribution in [0.1, 0.15) is 44.1 Å². The number of amides is 2. The lowest BCUT2D eigenvalue weighted by atomic mass is 10.0. The lowest BCUT2D eigenvalue weighted by Crippen LogP contribution is -2.30. The van der Waals surface area contributed by atoms with Gasteiger partial charge in [0.05, 0.1) is 10.6 Å². The highest BCUT2D eigenvalue weighted by Crippen LogP contribution is 2.35. The second-order valence-corrected chi connectivity index (χ2v) is 8.73. The summed E-state index contributed by atoms with van der Waals surface area (Å²) in [5.41, 5.74) is 3.37. The molecule has 3 aromatic rings. The lowest BCUT2D eigenvalue weighted by molar-refractivity contribution is 0.0950. The molecule has 29 heavy (non-hydrogen) atoms. The molecule has 8 heteroatoms. The van der Waals surface area contributed by atoms with Gasteiger partial charge in [-0.3, -0.25) is 14.3 Å². The molecule has 0 saturated carbocycles. The van der Waals surface area contributed by atoms with Crippen molar-refractivity contribution in [2.24, 2.45) is 7.05 Å². The van der Waals surface area contributed by atoms with E-state index >= 15 is 0 Å². The normalized spacial score (nSPS) is 16.2. The SMILES string of the molecule is Cc1c(NC(=O)c2ccc3sc4c(c3c2)CCNC4=O)c(N2CCCC2)nn1C. The number of carbonyl (C=O) groups excluding carboxylic acids is 2. The maximum atomic E-state index is 13.1. The summed E-state index contributed by atoms with van der Waals surface area (Å²) in [5.74, 6) is 0.685. The third-order valence-electron chi connectivity index (χ3n) is 5.88. The zero-order chi connectivity index (χ0) is 20.1.